The van der Waals surface area contributed by atoms with E-state index in [-0.39, 0.29) is 38.0 Å². The Kier molecular flexibility index (Phi) is 11.3. The van der Waals surface area contributed by atoms with Gasteiger partial charge in [0, 0.05) is 19.0 Å². The Balaban J connectivity index is 1.59. The molecule has 0 unspecified atom stereocenters. The van der Waals surface area contributed by atoms with Crippen LogP contribution in [0.25, 0.3) is 11.1 Å². The van der Waals surface area contributed by atoms with Crippen LogP contribution in [0.1, 0.15) is 65.0 Å². The Morgan fingerprint density at radius 2 is 1.32 bits per heavy atom. The molecule has 1 aliphatic rings. The summed E-state index contributed by atoms with van der Waals surface area (Å²) in [5, 5.41) is 15.3. The summed E-state index contributed by atoms with van der Waals surface area (Å²) in [7, 11) is 0. The molecule has 13 nitrogen and oxygen atoms in total. The van der Waals surface area contributed by atoms with Crippen molar-refractivity contribution < 1.29 is 38.5 Å². The van der Waals surface area contributed by atoms with Crippen LogP contribution >= 0.6 is 0 Å². The van der Waals surface area contributed by atoms with Gasteiger partial charge >= 0.3 is 24.2 Å². The molecule has 4 N–H and O–H groups in total. The van der Waals surface area contributed by atoms with E-state index in [4.69, 9.17) is 14.2 Å². The van der Waals surface area contributed by atoms with Gasteiger partial charge in [-0.3, -0.25) is 25.8 Å². The second-order valence-electron chi connectivity index (χ2n) is 12.1. The van der Waals surface area contributed by atoms with E-state index >= 15 is 0 Å². The van der Waals surface area contributed by atoms with E-state index in [0.717, 1.165) is 22.3 Å². The molecular weight excluding hydrogens is 570 g/mol. The molecular formula is C31H41N5O8. The van der Waals surface area contributed by atoms with E-state index in [1.807, 2.05) is 48.5 Å². The third kappa shape index (κ3) is 10.9. The minimum Gasteiger partial charge on any atom is -0.480 e. The fourth-order valence-corrected chi connectivity index (χ4v) is 4.46. The fourth-order valence-electron chi connectivity index (χ4n) is 4.46. The van der Waals surface area contributed by atoms with Crippen LogP contribution in [0.3, 0.4) is 0 Å². The molecule has 0 fully saturated rings. The number of carbonyl (C=O) groups is 4. The van der Waals surface area contributed by atoms with Crippen molar-refractivity contribution >= 4 is 30.2 Å². The number of carboxylic acids is 1. The van der Waals surface area contributed by atoms with Gasteiger partial charge in [-0.2, -0.15) is 0 Å². The van der Waals surface area contributed by atoms with Gasteiger partial charge in [0.2, 0.25) is 5.96 Å². The van der Waals surface area contributed by atoms with Crippen LogP contribution < -0.4 is 16.1 Å². The molecule has 0 heterocycles. The van der Waals surface area contributed by atoms with Crippen LogP contribution in [0, 0.1) is 0 Å². The third-order valence-corrected chi connectivity index (χ3v) is 6.01. The Morgan fingerprint density at radius 1 is 0.818 bits per heavy atom. The summed E-state index contributed by atoms with van der Waals surface area (Å²) >= 11 is 0. The van der Waals surface area contributed by atoms with Crippen LogP contribution in [0.5, 0.6) is 0 Å². The molecule has 0 radical (unpaired) electrons. The topological polar surface area (TPSA) is 168 Å². The quantitative estimate of drug-likeness (QED) is 0.104. The van der Waals surface area contributed by atoms with Gasteiger partial charge in [-0.25, -0.2) is 19.4 Å². The first-order valence-corrected chi connectivity index (χ1v) is 14.2. The average molecular weight is 612 g/mol. The van der Waals surface area contributed by atoms with E-state index < -0.39 is 42.0 Å². The van der Waals surface area contributed by atoms with E-state index in [1.54, 1.807) is 41.5 Å². The number of ether oxygens (including phenoxy) is 3. The molecule has 2 aromatic rings. The first-order chi connectivity index (χ1) is 20.6. The van der Waals surface area contributed by atoms with Gasteiger partial charge in [-0.05, 0) is 70.2 Å². The molecule has 0 spiro atoms. The molecule has 0 saturated carbocycles. The predicted molar refractivity (Wildman–Crippen MR) is 163 cm³/mol. The van der Waals surface area contributed by atoms with Crippen molar-refractivity contribution in [3.05, 3.63) is 59.7 Å². The molecule has 0 saturated heterocycles. The van der Waals surface area contributed by atoms with Gasteiger partial charge in [0.25, 0.3) is 0 Å². The van der Waals surface area contributed by atoms with E-state index in [2.05, 4.69) is 21.1 Å². The number of aliphatic imine (C=N–C) groups is 1. The number of fused-ring (bicyclic) bond motifs is 3. The second-order valence-corrected chi connectivity index (χ2v) is 12.1. The van der Waals surface area contributed by atoms with Crippen molar-refractivity contribution in [1.82, 2.24) is 21.1 Å². The lowest BCUT2D eigenvalue weighted by Gasteiger charge is -2.22. The van der Waals surface area contributed by atoms with E-state index in [9.17, 15) is 24.3 Å². The lowest BCUT2D eigenvalue weighted by Crippen LogP contribution is -2.47. The molecule has 1 aliphatic carbocycles. The smallest absolute Gasteiger partial charge is 0.421 e. The highest BCUT2D eigenvalue weighted by Crippen LogP contribution is 2.44. The van der Waals surface area contributed by atoms with Crippen molar-refractivity contribution in [2.24, 2.45) is 4.99 Å². The van der Waals surface area contributed by atoms with Crippen molar-refractivity contribution in [2.45, 2.75) is 65.1 Å². The molecule has 238 valence electrons. The Bertz CT molecular complexity index is 1300. The number of carbonyl (C=O) groups excluding carboxylic acids is 3. The summed E-state index contributed by atoms with van der Waals surface area (Å²) in [6, 6.07) is 15.9. The van der Waals surface area contributed by atoms with Gasteiger partial charge < -0.3 is 19.3 Å². The highest BCUT2D eigenvalue weighted by Gasteiger charge is 2.29. The highest BCUT2D eigenvalue weighted by molar-refractivity contribution is 6.01. The van der Waals surface area contributed by atoms with Crippen LogP contribution in [0.15, 0.2) is 53.5 Å². The van der Waals surface area contributed by atoms with Crippen molar-refractivity contribution in [3.8, 4) is 11.1 Å². The number of nitrogens with zero attached hydrogens (tertiary/aromatic N) is 2. The van der Waals surface area contributed by atoms with Gasteiger partial charge in [0.15, 0.2) is 0 Å². The van der Waals surface area contributed by atoms with Gasteiger partial charge in [-0.1, -0.05) is 48.5 Å². The lowest BCUT2D eigenvalue weighted by atomic mass is 9.98. The van der Waals surface area contributed by atoms with Crippen molar-refractivity contribution in [2.75, 3.05) is 26.2 Å². The average Bonchev–Trinajstić information content (AvgIpc) is 3.21. The highest BCUT2D eigenvalue weighted by atomic mass is 16.6. The molecule has 0 atom stereocenters. The Morgan fingerprint density at radius 3 is 1.80 bits per heavy atom. The maximum atomic E-state index is 12.7. The minimum absolute atomic E-state index is 0.0451. The molecule has 0 aliphatic heterocycles. The van der Waals surface area contributed by atoms with Gasteiger partial charge in [-0.15, -0.1) is 0 Å². The summed E-state index contributed by atoms with van der Waals surface area (Å²) < 4.78 is 16.0. The van der Waals surface area contributed by atoms with Crippen LogP contribution in [-0.4, -0.2) is 77.8 Å². The second kappa shape index (κ2) is 14.7. The van der Waals surface area contributed by atoms with Crippen LogP contribution in [0.2, 0.25) is 0 Å². The van der Waals surface area contributed by atoms with E-state index in [0.29, 0.717) is 0 Å². The minimum atomic E-state index is -1.16. The van der Waals surface area contributed by atoms with E-state index in [1.165, 1.54) is 5.01 Å². The first-order valence-electron chi connectivity index (χ1n) is 14.2. The van der Waals surface area contributed by atoms with Gasteiger partial charge in [0.1, 0.15) is 24.4 Å². The summed E-state index contributed by atoms with van der Waals surface area (Å²) in [5.41, 5.74) is 5.20. The molecule has 44 heavy (non-hydrogen) atoms. The predicted octanol–water partition coefficient (Wildman–Crippen LogP) is 4.62. The number of amides is 3. The Hall–Kier alpha value is -4.65. The van der Waals surface area contributed by atoms with Crippen LogP contribution in [0.4, 0.5) is 14.4 Å². The molecule has 2 aromatic carbocycles. The van der Waals surface area contributed by atoms with Crippen LogP contribution in [-0.2, 0) is 19.0 Å². The lowest BCUT2D eigenvalue weighted by molar-refractivity contribution is -0.139. The number of nitrogens with one attached hydrogen (secondary N) is 3. The van der Waals surface area contributed by atoms with Crippen molar-refractivity contribution in [3.63, 3.8) is 0 Å². The van der Waals surface area contributed by atoms with Crippen molar-refractivity contribution in [1.29, 1.82) is 0 Å². The number of rotatable bonds is 9. The summed E-state index contributed by atoms with van der Waals surface area (Å²) in [6.45, 7) is 9.81. The largest absolute Gasteiger partial charge is 0.480 e. The zero-order valence-electron chi connectivity index (χ0n) is 25.9. The summed E-state index contributed by atoms with van der Waals surface area (Å²) in [4.78, 5) is 52.9. The maximum Gasteiger partial charge on any atom is 0.421 e. The number of carboxylic acid groups (broad SMARTS) is 1. The number of benzene rings is 2. The fraction of sp³-hybridized carbons (Fsp3) is 0.452. The molecule has 0 aromatic heterocycles. The standard InChI is InChI=1S/C31H41N5O8/c1-30(2,3)43-27(39)33-26(34-28(40)44-31(4,5)6)32-16-11-17-36(18-25(37)38)35-29(41)42-19-24-22-14-9-7-12-20(22)21-13-8-10-15-23(21)24/h7-10,12-15,24H,11,16-19H2,1-6H3,(H,35,41)(H,37,38)(H2,32,33,34,39,40). The molecule has 0 bridgehead atoms. The normalized spacial score (nSPS) is 12.4. The summed E-state index contributed by atoms with van der Waals surface area (Å²) in [5.74, 6) is -1.52. The maximum absolute atomic E-state index is 12.7. The first kappa shape index (κ1) is 33.8. The number of aliphatic carboxylic acids is 1. The molecule has 3 rings (SSSR count). The zero-order valence-corrected chi connectivity index (χ0v) is 25.9. The Labute approximate surface area is 256 Å². The monoisotopic (exact) mass is 611 g/mol. The molecule has 3 amide bonds. The zero-order chi connectivity index (χ0) is 32.5. The SMILES string of the molecule is CC(C)(C)OC(=O)NC(=NCCCN(CC(=O)O)NC(=O)OCC1c2ccccc2-c2ccccc21)NC(=O)OC(C)(C)C. The number of hydrogen-bond acceptors (Lipinski definition) is 9. The van der Waals surface area contributed by atoms with Gasteiger partial charge in [0.05, 0.1) is 0 Å². The number of guanidine groups is 1. The number of hydrogen-bond donors (Lipinski definition) is 4. The summed E-state index contributed by atoms with van der Waals surface area (Å²) in [6.07, 6.45) is -2.23. The number of hydrazine groups is 1. The number of alkyl carbamates (subject to hydrolysis) is 2. The molecule has 13 heteroatoms. The third-order valence-electron chi connectivity index (χ3n) is 6.01.